The van der Waals surface area contributed by atoms with Crippen molar-refractivity contribution in [1.29, 1.82) is 0 Å². The van der Waals surface area contributed by atoms with Crippen LogP contribution in [0.4, 0.5) is 0 Å². The highest BCUT2D eigenvalue weighted by molar-refractivity contribution is 5.84. The first-order chi connectivity index (χ1) is 14.7. The summed E-state index contributed by atoms with van der Waals surface area (Å²) in [6.07, 6.45) is 5.58. The van der Waals surface area contributed by atoms with Crippen LogP contribution in [-0.2, 0) is 28.6 Å². The molecule has 0 aromatic rings. The molecule has 0 bridgehead atoms. The monoisotopic (exact) mass is 446 g/mol. The Morgan fingerprint density at radius 2 is 1.56 bits per heavy atom. The summed E-state index contributed by atoms with van der Waals surface area (Å²) in [7, 11) is 0. The first-order valence-corrected chi connectivity index (χ1v) is 12.0. The number of fused-ring (bicyclic) bond motifs is 5. The van der Waals surface area contributed by atoms with Crippen molar-refractivity contribution in [3.63, 3.8) is 0 Å². The molecule has 0 amide bonds. The van der Waals surface area contributed by atoms with Crippen LogP contribution < -0.4 is 0 Å². The van der Waals surface area contributed by atoms with Gasteiger partial charge >= 0.3 is 17.9 Å². The molecule has 1 aliphatic heterocycles. The third-order valence-electron chi connectivity index (χ3n) is 9.73. The minimum Gasteiger partial charge on any atom is -0.462 e. The summed E-state index contributed by atoms with van der Waals surface area (Å²) in [4.78, 5) is 36.4. The van der Waals surface area contributed by atoms with Crippen molar-refractivity contribution in [2.24, 2.45) is 33.5 Å². The van der Waals surface area contributed by atoms with E-state index in [1.807, 2.05) is 0 Å². The summed E-state index contributed by atoms with van der Waals surface area (Å²) in [5.74, 6) is -0.373. The van der Waals surface area contributed by atoms with E-state index in [0.29, 0.717) is 13.0 Å². The smallest absolute Gasteiger partial charge is 0.330 e. The van der Waals surface area contributed by atoms with Gasteiger partial charge in [-0.3, -0.25) is 9.59 Å². The Hall–Kier alpha value is -1.85. The molecule has 0 aromatic carbocycles. The summed E-state index contributed by atoms with van der Waals surface area (Å²) >= 11 is 0. The predicted molar refractivity (Wildman–Crippen MR) is 118 cm³/mol. The number of carbonyl (C=O) groups excluding carboxylic acids is 3. The minimum atomic E-state index is -0.437. The normalized spacial score (nSPS) is 44.7. The second-order valence-electron chi connectivity index (χ2n) is 12.0. The third kappa shape index (κ3) is 3.23. The summed E-state index contributed by atoms with van der Waals surface area (Å²) in [5.41, 5.74) is 0.149. The molecule has 32 heavy (non-hydrogen) atoms. The summed E-state index contributed by atoms with van der Waals surface area (Å²) in [5, 5.41) is 0. The highest BCUT2D eigenvalue weighted by Gasteiger charge is 2.68. The van der Waals surface area contributed by atoms with Crippen molar-refractivity contribution in [3.05, 3.63) is 11.6 Å². The quantitative estimate of drug-likeness (QED) is 0.456. The molecule has 6 heteroatoms. The van der Waals surface area contributed by atoms with Gasteiger partial charge in [-0.25, -0.2) is 4.79 Å². The minimum absolute atomic E-state index is 0.0188. The lowest BCUT2D eigenvalue weighted by molar-refractivity contribution is -0.228. The van der Waals surface area contributed by atoms with E-state index in [9.17, 15) is 14.4 Å². The molecule has 178 valence electrons. The van der Waals surface area contributed by atoms with Crippen molar-refractivity contribution >= 4 is 17.9 Å². The second-order valence-corrected chi connectivity index (χ2v) is 12.0. The average Bonchev–Trinajstić information content (AvgIpc) is 2.67. The Balaban J connectivity index is 1.83. The van der Waals surface area contributed by atoms with Crippen LogP contribution in [0.3, 0.4) is 0 Å². The van der Waals surface area contributed by atoms with Crippen LogP contribution in [0.5, 0.6) is 0 Å². The van der Waals surface area contributed by atoms with Crippen LogP contribution >= 0.6 is 0 Å². The van der Waals surface area contributed by atoms with E-state index in [1.54, 1.807) is 6.08 Å². The van der Waals surface area contributed by atoms with Crippen LogP contribution in [0.25, 0.3) is 0 Å². The third-order valence-corrected chi connectivity index (χ3v) is 9.73. The van der Waals surface area contributed by atoms with Crippen LogP contribution in [-0.4, -0.2) is 36.7 Å². The van der Waals surface area contributed by atoms with Gasteiger partial charge < -0.3 is 14.2 Å². The first kappa shape index (κ1) is 23.3. The Kier molecular flexibility index (Phi) is 5.34. The van der Waals surface area contributed by atoms with E-state index in [1.165, 1.54) is 13.8 Å². The fraction of sp³-hybridized carbons (Fsp3) is 0.808. The first-order valence-electron chi connectivity index (χ1n) is 12.0. The Bertz CT molecular complexity index is 874. The summed E-state index contributed by atoms with van der Waals surface area (Å²) in [6, 6.07) is 0. The van der Waals surface area contributed by atoms with Gasteiger partial charge in [-0.1, -0.05) is 34.6 Å². The Morgan fingerprint density at radius 1 is 0.938 bits per heavy atom. The standard InChI is InChI=1S/C26H38O6/c1-15(27)31-20-9-11-25(6)17-8-10-24(5)14-30-22(29)13-19(24)26(17,7)21(32-16(2)28)12-18(25)23(20,3)4/h13,17-18,20-21H,8-12,14H2,1-7H3/t17?,18?,20?,21-,24-,25+,26+/m0/s1. The number of ether oxygens (including phenoxy) is 3. The molecule has 0 N–H and O–H groups in total. The number of esters is 3. The molecule has 3 aliphatic carbocycles. The Labute approximate surface area is 191 Å². The van der Waals surface area contributed by atoms with Gasteiger partial charge in [-0.15, -0.1) is 0 Å². The van der Waals surface area contributed by atoms with E-state index in [2.05, 4.69) is 34.6 Å². The molecule has 0 saturated heterocycles. The molecule has 4 aliphatic rings. The van der Waals surface area contributed by atoms with Crippen LogP contribution in [0.15, 0.2) is 11.6 Å². The Morgan fingerprint density at radius 3 is 2.19 bits per heavy atom. The number of carbonyl (C=O) groups is 3. The molecule has 3 fully saturated rings. The van der Waals surface area contributed by atoms with Gasteiger partial charge in [0.2, 0.25) is 0 Å². The maximum absolute atomic E-state index is 12.4. The van der Waals surface area contributed by atoms with Gasteiger partial charge in [0.05, 0.1) is 0 Å². The maximum Gasteiger partial charge on any atom is 0.330 e. The molecule has 0 spiro atoms. The van der Waals surface area contributed by atoms with Gasteiger partial charge in [-0.05, 0) is 54.9 Å². The lowest BCUT2D eigenvalue weighted by Gasteiger charge is -2.68. The fourth-order valence-corrected chi connectivity index (χ4v) is 8.31. The predicted octanol–water partition coefficient (Wildman–Crippen LogP) is 4.60. The zero-order valence-electron chi connectivity index (χ0n) is 20.6. The van der Waals surface area contributed by atoms with Crippen molar-refractivity contribution in [2.45, 2.75) is 92.8 Å². The van der Waals surface area contributed by atoms with Gasteiger partial charge in [0.1, 0.15) is 18.8 Å². The van der Waals surface area contributed by atoms with E-state index < -0.39 is 5.41 Å². The topological polar surface area (TPSA) is 78.9 Å². The van der Waals surface area contributed by atoms with Gasteiger partial charge in [0, 0.05) is 36.2 Å². The number of rotatable bonds is 2. The van der Waals surface area contributed by atoms with Crippen LogP contribution in [0.1, 0.15) is 80.6 Å². The largest absolute Gasteiger partial charge is 0.462 e. The van der Waals surface area contributed by atoms with Crippen molar-refractivity contribution < 1.29 is 28.6 Å². The lowest BCUT2D eigenvalue weighted by Crippen LogP contribution is -2.66. The van der Waals surface area contributed by atoms with Gasteiger partial charge in [0.25, 0.3) is 0 Å². The zero-order valence-corrected chi connectivity index (χ0v) is 20.6. The van der Waals surface area contributed by atoms with E-state index in [-0.39, 0.29) is 58.2 Å². The van der Waals surface area contributed by atoms with Crippen LogP contribution in [0.2, 0.25) is 0 Å². The lowest BCUT2D eigenvalue weighted by atomic mass is 9.37. The zero-order chi connectivity index (χ0) is 23.7. The molecule has 1 heterocycles. The fourth-order valence-electron chi connectivity index (χ4n) is 8.31. The average molecular weight is 447 g/mol. The van der Waals surface area contributed by atoms with Crippen LogP contribution in [0, 0.1) is 33.5 Å². The van der Waals surface area contributed by atoms with Gasteiger partial charge in [0.15, 0.2) is 0 Å². The SMILES string of the molecule is CC(=O)OC1CC[C@@]2(C)C(C[C@H](OC(C)=O)[C@@]3(C)C4=CC(=O)OC[C@]4(C)CCC23)C1(C)C. The number of cyclic esters (lactones) is 1. The second kappa shape index (κ2) is 7.33. The maximum atomic E-state index is 12.4. The molecular formula is C26H38O6. The van der Waals surface area contributed by atoms with Crippen molar-refractivity contribution in [2.75, 3.05) is 6.61 Å². The van der Waals surface area contributed by atoms with E-state index >= 15 is 0 Å². The molecule has 3 saturated carbocycles. The number of hydrogen-bond acceptors (Lipinski definition) is 6. The molecule has 6 nitrogen and oxygen atoms in total. The highest BCUT2D eigenvalue weighted by atomic mass is 16.6. The highest BCUT2D eigenvalue weighted by Crippen LogP contribution is 2.71. The van der Waals surface area contributed by atoms with Gasteiger partial charge in [-0.2, -0.15) is 0 Å². The van der Waals surface area contributed by atoms with E-state index in [4.69, 9.17) is 14.2 Å². The van der Waals surface area contributed by atoms with E-state index in [0.717, 1.165) is 31.3 Å². The molecule has 7 atom stereocenters. The molecule has 0 radical (unpaired) electrons. The van der Waals surface area contributed by atoms with Crippen molar-refractivity contribution in [1.82, 2.24) is 0 Å². The number of hydrogen-bond donors (Lipinski definition) is 0. The molecule has 3 unspecified atom stereocenters. The molecule has 4 rings (SSSR count). The molecular weight excluding hydrogens is 408 g/mol. The summed E-state index contributed by atoms with van der Waals surface area (Å²) < 4.78 is 17.3. The molecule has 0 aromatic heterocycles. The summed E-state index contributed by atoms with van der Waals surface area (Å²) in [6.45, 7) is 14.5. The van der Waals surface area contributed by atoms with Crippen molar-refractivity contribution in [3.8, 4) is 0 Å².